The van der Waals surface area contributed by atoms with Crippen LogP contribution in [0.25, 0.3) is 6.08 Å². The van der Waals surface area contributed by atoms with Crippen LogP contribution in [0.1, 0.15) is 36.6 Å². The number of aryl methyl sites for hydroxylation is 1. The van der Waals surface area contributed by atoms with Crippen LogP contribution in [0.2, 0.25) is 0 Å². The Bertz CT molecular complexity index is 1230. The summed E-state index contributed by atoms with van der Waals surface area (Å²) in [4.78, 5) is 26.4. The van der Waals surface area contributed by atoms with E-state index >= 15 is 0 Å². The Morgan fingerprint density at radius 1 is 1.18 bits per heavy atom. The normalized spacial score (nSPS) is 17.7. The first-order chi connectivity index (χ1) is 16.1. The Balaban J connectivity index is 1.51. The van der Waals surface area contributed by atoms with Crippen molar-refractivity contribution < 1.29 is 13.2 Å². The zero-order valence-corrected chi connectivity index (χ0v) is 20.5. The summed E-state index contributed by atoms with van der Waals surface area (Å²) >= 11 is 0. The Labute approximate surface area is 201 Å². The number of rotatable bonds is 6. The minimum atomic E-state index is -3.75. The van der Waals surface area contributed by atoms with Gasteiger partial charge in [0.15, 0.2) is 0 Å². The first-order valence-corrected chi connectivity index (χ1v) is 12.9. The van der Waals surface area contributed by atoms with Gasteiger partial charge in [-0.25, -0.2) is 23.5 Å². The lowest BCUT2D eigenvalue weighted by molar-refractivity contribution is -0.130. The Morgan fingerprint density at radius 2 is 1.88 bits per heavy atom. The maximum absolute atomic E-state index is 13.2. The number of carbonyl (C=O) groups is 1. The van der Waals surface area contributed by atoms with Gasteiger partial charge in [-0.3, -0.25) is 4.79 Å². The van der Waals surface area contributed by atoms with Crippen LogP contribution in [0.5, 0.6) is 0 Å². The van der Waals surface area contributed by atoms with Crippen LogP contribution in [0.15, 0.2) is 53.7 Å². The summed E-state index contributed by atoms with van der Waals surface area (Å²) in [6.45, 7) is 10.7. The molecule has 2 N–H and O–H groups in total. The molecule has 1 amide bonds. The van der Waals surface area contributed by atoms with Gasteiger partial charge in [0.2, 0.25) is 15.9 Å². The van der Waals surface area contributed by atoms with Crippen LogP contribution in [-0.2, 0) is 21.2 Å². The molecule has 0 radical (unpaired) electrons. The van der Waals surface area contributed by atoms with Crippen molar-refractivity contribution in [1.82, 2.24) is 14.9 Å². The summed E-state index contributed by atoms with van der Waals surface area (Å²) in [5.74, 6) is 0.932. The lowest BCUT2D eigenvalue weighted by atomic mass is 10.1. The Hall–Kier alpha value is -3.04. The molecule has 1 aliphatic carbocycles. The Morgan fingerprint density at radius 3 is 2.50 bits per heavy atom. The molecule has 0 atom stereocenters. The van der Waals surface area contributed by atoms with Crippen molar-refractivity contribution in [1.29, 1.82) is 0 Å². The summed E-state index contributed by atoms with van der Waals surface area (Å²) in [5.41, 5.74) is 3.70. The number of amides is 1. The summed E-state index contributed by atoms with van der Waals surface area (Å²) in [5, 5.41) is 5.17. The van der Waals surface area contributed by atoms with Crippen molar-refractivity contribution >= 4 is 27.8 Å². The van der Waals surface area contributed by atoms with Crippen LogP contribution in [0.3, 0.4) is 0 Å². The molecule has 2 heterocycles. The number of aromatic nitrogens is 2. The van der Waals surface area contributed by atoms with E-state index in [2.05, 4.69) is 21.4 Å². The second kappa shape index (κ2) is 9.31. The summed E-state index contributed by atoms with van der Waals surface area (Å²) < 4.78 is 23.0. The third kappa shape index (κ3) is 5.53. The van der Waals surface area contributed by atoms with Gasteiger partial charge < -0.3 is 9.80 Å². The average molecular weight is 482 g/mol. The highest BCUT2D eigenvalue weighted by atomic mass is 32.2. The van der Waals surface area contributed by atoms with Crippen LogP contribution >= 0.6 is 0 Å². The fraction of sp³-hybridized carbons (Fsp3) is 0.400. The monoisotopic (exact) mass is 481 g/mol. The predicted molar refractivity (Wildman–Crippen MR) is 133 cm³/mol. The molecule has 180 valence electrons. The van der Waals surface area contributed by atoms with E-state index in [-0.39, 0.29) is 22.6 Å². The quantitative estimate of drug-likeness (QED) is 0.636. The van der Waals surface area contributed by atoms with Gasteiger partial charge >= 0.3 is 0 Å². The molecule has 1 aromatic heterocycles. The zero-order chi connectivity index (χ0) is 24.5. The molecule has 1 spiro atoms. The molecule has 0 unspecified atom stereocenters. The first-order valence-electron chi connectivity index (χ1n) is 11.4. The van der Waals surface area contributed by atoms with Crippen molar-refractivity contribution in [3.8, 4) is 0 Å². The first kappa shape index (κ1) is 24.1. The van der Waals surface area contributed by atoms with Crippen molar-refractivity contribution in [3.63, 3.8) is 0 Å². The molecule has 2 aromatic rings. The molecule has 1 saturated carbocycles. The standard InChI is InChI=1S/C25H31N5O3S/c1-18(2)4-9-22-19(3)27-17-28-24(22)30-13-12-29(15-25(16-30)10-11-25)23(31)14-20-5-7-21(8-6-20)34(26,32)33/h4-9,17H,1,10-16H2,2-3H3,(H2,26,32,33). The number of benzene rings is 1. The fourth-order valence-corrected chi connectivity index (χ4v) is 4.89. The van der Waals surface area contributed by atoms with Gasteiger partial charge in [-0.1, -0.05) is 30.4 Å². The van der Waals surface area contributed by atoms with Gasteiger partial charge in [0.25, 0.3) is 0 Å². The van der Waals surface area contributed by atoms with Gasteiger partial charge in [-0.05, 0) is 50.5 Å². The lowest BCUT2D eigenvalue weighted by Gasteiger charge is -2.26. The lowest BCUT2D eigenvalue weighted by Crippen LogP contribution is -2.37. The van der Waals surface area contributed by atoms with Gasteiger partial charge in [-0.15, -0.1) is 0 Å². The molecule has 9 heteroatoms. The zero-order valence-electron chi connectivity index (χ0n) is 19.7. The van der Waals surface area contributed by atoms with Crippen molar-refractivity contribution in [3.05, 3.63) is 65.6 Å². The molecule has 34 heavy (non-hydrogen) atoms. The number of hydrogen-bond donors (Lipinski definition) is 1. The smallest absolute Gasteiger partial charge is 0.238 e. The number of allylic oxidation sites excluding steroid dienone is 2. The third-order valence-corrected chi connectivity index (χ3v) is 7.43. The van der Waals surface area contributed by atoms with E-state index in [9.17, 15) is 13.2 Å². The molecule has 2 aliphatic rings. The highest BCUT2D eigenvalue weighted by molar-refractivity contribution is 7.89. The van der Waals surface area contributed by atoms with E-state index in [4.69, 9.17) is 5.14 Å². The molecule has 4 rings (SSSR count). The molecule has 1 aromatic carbocycles. The van der Waals surface area contributed by atoms with Gasteiger partial charge in [0.1, 0.15) is 12.1 Å². The van der Waals surface area contributed by atoms with Crippen molar-refractivity contribution in [2.24, 2.45) is 10.6 Å². The average Bonchev–Trinajstić information content (AvgIpc) is 3.56. The number of anilines is 1. The largest absolute Gasteiger partial charge is 0.354 e. The van der Waals surface area contributed by atoms with E-state index in [1.165, 1.54) is 12.1 Å². The maximum Gasteiger partial charge on any atom is 0.238 e. The van der Waals surface area contributed by atoms with Gasteiger partial charge in [0, 0.05) is 37.2 Å². The third-order valence-electron chi connectivity index (χ3n) is 6.51. The number of primary sulfonamides is 1. The number of nitrogens with zero attached hydrogens (tertiary/aromatic N) is 4. The van der Waals surface area contributed by atoms with E-state index in [1.54, 1.807) is 18.5 Å². The van der Waals surface area contributed by atoms with Crippen LogP contribution in [0, 0.1) is 12.3 Å². The van der Waals surface area contributed by atoms with Crippen LogP contribution in [-0.4, -0.2) is 55.4 Å². The van der Waals surface area contributed by atoms with Gasteiger partial charge in [-0.2, -0.15) is 0 Å². The highest BCUT2D eigenvalue weighted by Crippen LogP contribution is 2.48. The molecular formula is C25H31N5O3S. The van der Waals surface area contributed by atoms with E-state index in [1.807, 2.05) is 30.9 Å². The number of carbonyl (C=O) groups excluding carboxylic acids is 1. The minimum absolute atomic E-state index is 0.0396. The minimum Gasteiger partial charge on any atom is -0.354 e. The summed E-state index contributed by atoms with van der Waals surface area (Å²) in [6, 6.07) is 6.20. The van der Waals surface area contributed by atoms with Crippen LogP contribution in [0.4, 0.5) is 5.82 Å². The van der Waals surface area contributed by atoms with Gasteiger partial charge in [0.05, 0.1) is 17.0 Å². The predicted octanol–water partition coefficient (Wildman–Crippen LogP) is 2.69. The maximum atomic E-state index is 13.2. The summed E-state index contributed by atoms with van der Waals surface area (Å²) in [7, 11) is -3.75. The highest BCUT2D eigenvalue weighted by Gasteiger charge is 2.47. The molecule has 0 bridgehead atoms. The second-order valence-electron chi connectivity index (χ2n) is 9.48. The fourth-order valence-electron chi connectivity index (χ4n) is 4.37. The molecule has 1 saturated heterocycles. The van der Waals surface area contributed by atoms with E-state index < -0.39 is 10.0 Å². The molecular weight excluding hydrogens is 450 g/mol. The number of nitrogens with two attached hydrogens (primary N) is 1. The summed E-state index contributed by atoms with van der Waals surface area (Å²) in [6.07, 6.45) is 7.97. The molecule has 2 fully saturated rings. The van der Waals surface area contributed by atoms with Crippen molar-refractivity contribution in [2.75, 3.05) is 31.1 Å². The Kier molecular flexibility index (Phi) is 6.60. The number of sulfonamides is 1. The second-order valence-corrected chi connectivity index (χ2v) is 11.0. The molecule has 1 aliphatic heterocycles. The topological polar surface area (TPSA) is 109 Å². The van der Waals surface area contributed by atoms with E-state index in [0.29, 0.717) is 13.1 Å². The SMILES string of the molecule is C=C(C)C=Cc1c(C)ncnc1N1CCN(C(=O)Cc2ccc(S(N)(=O)=O)cc2)CC2(CC2)C1. The molecule has 8 nitrogen and oxygen atoms in total. The van der Waals surface area contributed by atoms with Crippen molar-refractivity contribution in [2.45, 2.75) is 38.0 Å². The van der Waals surface area contributed by atoms with E-state index in [0.717, 1.165) is 54.1 Å². The number of hydrogen-bond acceptors (Lipinski definition) is 6. The van der Waals surface area contributed by atoms with Crippen LogP contribution < -0.4 is 10.0 Å².